The molecule has 0 radical (unpaired) electrons. The van der Waals surface area contributed by atoms with Gasteiger partial charge in [-0.15, -0.1) is 0 Å². The number of fused-ring (bicyclic) bond motifs is 3. The van der Waals surface area contributed by atoms with Crippen molar-refractivity contribution >= 4 is 39.9 Å². The monoisotopic (exact) mass is 512 g/mol. The normalized spacial score (nSPS) is 14.4. The summed E-state index contributed by atoms with van der Waals surface area (Å²) in [6.45, 7) is 3.73. The Balaban J connectivity index is 1.57. The minimum Gasteiger partial charge on any atom is -0.482 e. The number of benzene rings is 4. The number of hydrogen-bond acceptors (Lipinski definition) is 5. The highest BCUT2D eigenvalue weighted by molar-refractivity contribution is 6.30. The molecule has 0 aromatic heterocycles. The summed E-state index contributed by atoms with van der Waals surface area (Å²) in [6.07, 6.45) is 0. The molecule has 0 N–H and O–H groups in total. The van der Waals surface area contributed by atoms with Crippen LogP contribution in [0.3, 0.4) is 0 Å². The largest absolute Gasteiger partial charge is 0.482 e. The molecular weight excluding hydrogens is 488 g/mol. The molecule has 0 aliphatic heterocycles. The standard InChI is InChI=1S/C31H25ClO5/c1-3-35-31(34)29-19(2)28(20-9-5-4-6-10-20)30-24-12-8-7-11-23(24)26(17-25(29)30)37-27(33)18-36-22-15-13-21(32)14-16-22/h4-17,28H,3,18H2,1-2H3. The average Bonchev–Trinajstić information content (AvgIpc) is 3.21. The SMILES string of the molecule is CCOC(=O)C1=C(C)C(c2ccccc2)c2c1cc(OC(=O)COc1ccc(Cl)cc1)c1ccccc21. The van der Waals surface area contributed by atoms with Gasteiger partial charge in [0.05, 0.1) is 12.2 Å². The Labute approximate surface area is 220 Å². The second-order valence-electron chi connectivity index (χ2n) is 8.72. The van der Waals surface area contributed by atoms with Crippen LogP contribution in [-0.2, 0) is 14.3 Å². The van der Waals surface area contributed by atoms with E-state index in [4.69, 9.17) is 25.8 Å². The van der Waals surface area contributed by atoms with Gasteiger partial charge in [0, 0.05) is 16.3 Å². The van der Waals surface area contributed by atoms with E-state index >= 15 is 0 Å². The van der Waals surface area contributed by atoms with Crippen molar-refractivity contribution in [1.82, 2.24) is 0 Å². The topological polar surface area (TPSA) is 61.8 Å². The fourth-order valence-electron chi connectivity index (χ4n) is 4.90. The third-order valence-electron chi connectivity index (χ3n) is 6.44. The van der Waals surface area contributed by atoms with E-state index in [1.807, 2.05) is 49.4 Å². The minimum absolute atomic E-state index is 0.126. The maximum Gasteiger partial charge on any atom is 0.349 e. The lowest BCUT2D eigenvalue weighted by Crippen LogP contribution is -2.18. The number of carbonyl (C=O) groups excluding carboxylic acids is 2. The maximum absolute atomic E-state index is 13.1. The summed E-state index contributed by atoms with van der Waals surface area (Å²) in [6, 6.07) is 26.3. The van der Waals surface area contributed by atoms with E-state index in [0.29, 0.717) is 27.7 Å². The second kappa shape index (κ2) is 10.5. The van der Waals surface area contributed by atoms with Crippen LogP contribution >= 0.6 is 11.6 Å². The highest BCUT2D eigenvalue weighted by Gasteiger charge is 2.36. The van der Waals surface area contributed by atoms with Gasteiger partial charge in [0.15, 0.2) is 6.61 Å². The van der Waals surface area contributed by atoms with E-state index in [-0.39, 0.29) is 19.1 Å². The highest BCUT2D eigenvalue weighted by Crippen LogP contribution is 2.50. The molecule has 0 saturated carbocycles. The summed E-state index contributed by atoms with van der Waals surface area (Å²) in [5.74, 6) is -0.204. The van der Waals surface area contributed by atoms with E-state index in [1.165, 1.54) is 0 Å². The molecule has 1 aliphatic rings. The molecule has 0 amide bonds. The molecule has 186 valence electrons. The summed E-state index contributed by atoms with van der Waals surface area (Å²) >= 11 is 5.91. The number of rotatable bonds is 7. The van der Waals surface area contributed by atoms with Gasteiger partial charge in [-0.1, -0.05) is 66.2 Å². The van der Waals surface area contributed by atoms with E-state index < -0.39 is 11.9 Å². The molecule has 6 heteroatoms. The molecule has 4 aromatic carbocycles. The zero-order valence-electron chi connectivity index (χ0n) is 20.5. The third kappa shape index (κ3) is 4.83. The van der Waals surface area contributed by atoms with Crippen LogP contribution in [-0.4, -0.2) is 25.2 Å². The van der Waals surface area contributed by atoms with Gasteiger partial charge in [0.25, 0.3) is 0 Å². The predicted octanol–water partition coefficient (Wildman–Crippen LogP) is 6.96. The van der Waals surface area contributed by atoms with Crippen LogP contribution in [0.4, 0.5) is 0 Å². The predicted molar refractivity (Wildman–Crippen MR) is 144 cm³/mol. The Hall–Kier alpha value is -4.09. The van der Waals surface area contributed by atoms with Crippen molar-refractivity contribution in [2.24, 2.45) is 0 Å². The fourth-order valence-corrected chi connectivity index (χ4v) is 5.03. The van der Waals surface area contributed by atoms with E-state index in [0.717, 1.165) is 27.5 Å². The number of allylic oxidation sites excluding steroid dienone is 1. The Kier molecular flexibility index (Phi) is 6.97. The molecule has 37 heavy (non-hydrogen) atoms. The van der Waals surface area contributed by atoms with Gasteiger partial charge in [-0.2, -0.15) is 0 Å². The van der Waals surface area contributed by atoms with Crippen molar-refractivity contribution < 1.29 is 23.8 Å². The van der Waals surface area contributed by atoms with Crippen LogP contribution in [0.2, 0.25) is 5.02 Å². The van der Waals surface area contributed by atoms with Gasteiger partial charge in [0.1, 0.15) is 11.5 Å². The zero-order chi connectivity index (χ0) is 25.9. The van der Waals surface area contributed by atoms with Gasteiger partial charge in [-0.25, -0.2) is 9.59 Å². The Bertz CT molecular complexity index is 1510. The maximum atomic E-state index is 13.1. The van der Waals surface area contributed by atoms with Crippen LogP contribution in [0.1, 0.15) is 36.5 Å². The third-order valence-corrected chi connectivity index (χ3v) is 6.69. The molecule has 1 aliphatic carbocycles. The van der Waals surface area contributed by atoms with Crippen LogP contribution in [0.5, 0.6) is 11.5 Å². The van der Waals surface area contributed by atoms with Crippen LogP contribution < -0.4 is 9.47 Å². The lowest BCUT2D eigenvalue weighted by Gasteiger charge is -2.19. The summed E-state index contributed by atoms with van der Waals surface area (Å²) in [5.41, 5.74) is 4.20. The Morgan fingerprint density at radius 1 is 0.892 bits per heavy atom. The molecule has 0 heterocycles. The van der Waals surface area contributed by atoms with E-state index in [1.54, 1.807) is 37.3 Å². The summed E-state index contributed by atoms with van der Waals surface area (Å²) in [4.78, 5) is 25.9. The Morgan fingerprint density at radius 2 is 1.57 bits per heavy atom. The number of halogens is 1. The number of ether oxygens (including phenoxy) is 3. The lowest BCUT2D eigenvalue weighted by atomic mass is 9.86. The first-order valence-corrected chi connectivity index (χ1v) is 12.4. The molecule has 0 saturated heterocycles. The van der Waals surface area contributed by atoms with Crippen molar-refractivity contribution in [2.75, 3.05) is 13.2 Å². The first-order chi connectivity index (χ1) is 18.0. The zero-order valence-corrected chi connectivity index (χ0v) is 21.2. The highest BCUT2D eigenvalue weighted by atomic mass is 35.5. The van der Waals surface area contributed by atoms with Crippen LogP contribution in [0, 0.1) is 0 Å². The van der Waals surface area contributed by atoms with Gasteiger partial charge in [-0.05, 0) is 71.8 Å². The van der Waals surface area contributed by atoms with Gasteiger partial charge < -0.3 is 14.2 Å². The van der Waals surface area contributed by atoms with Crippen molar-refractivity contribution in [2.45, 2.75) is 19.8 Å². The lowest BCUT2D eigenvalue weighted by molar-refractivity contribution is -0.137. The van der Waals surface area contributed by atoms with E-state index in [9.17, 15) is 9.59 Å². The first-order valence-electron chi connectivity index (χ1n) is 12.1. The number of esters is 2. The summed E-state index contributed by atoms with van der Waals surface area (Å²) < 4.78 is 16.8. The molecule has 0 spiro atoms. The van der Waals surface area contributed by atoms with Gasteiger partial charge in [0.2, 0.25) is 0 Å². The Morgan fingerprint density at radius 3 is 2.27 bits per heavy atom. The van der Waals surface area contributed by atoms with Crippen molar-refractivity contribution in [3.8, 4) is 11.5 Å². The minimum atomic E-state index is -0.559. The molecule has 0 bridgehead atoms. The quantitative estimate of drug-likeness (QED) is 0.198. The first kappa shape index (κ1) is 24.6. The molecule has 1 atom stereocenters. The van der Waals surface area contributed by atoms with Crippen molar-refractivity contribution in [1.29, 1.82) is 0 Å². The van der Waals surface area contributed by atoms with Crippen molar-refractivity contribution in [3.63, 3.8) is 0 Å². The smallest absolute Gasteiger partial charge is 0.349 e. The van der Waals surface area contributed by atoms with E-state index in [2.05, 4.69) is 12.1 Å². The van der Waals surface area contributed by atoms with Gasteiger partial charge >= 0.3 is 11.9 Å². The molecule has 5 rings (SSSR count). The molecular formula is C31H25ClO5. The summed E-state index contributed by atoms with van der Waals surface area (Å²) in [7, 11) is 0. The summed E-state index contributed by atoms with van der Waals surface area (Å²) in [5, 5.41) is 2.27. The van der Waals surface area contributed by atoms with Crippen LogP contribution in [0.15, 0.2) is 90.5 Å². The molecule has 1 unspecified atom stereocenters. The average molecular weight is 513 g/mol. The molecule has 5 nitrogen and oxygen atoms in total. The van der Waals surface area contributed by atoms with Gasteiger partial charge in [-0.3, -0.25) is 0 Å². The number of hydrogen-bond donors (Lipinski definition) is 0. The molecule has 4 aromatic rings. The number of carbonyl (C=O) groups is 2. The van der Waals surface area contributed by atoms with Crippen LogP contribution in [0.25, 0.3) is 16.3 Å². The van der Waals surface area contributed by atoms with Crippen molar-refractivity contribution in [3.05, 3.63) is 112 Å². The fraction of sp³-hybridized carbons (Fsp3) is 0.161. The second-order valence-corrected chi connectivity index (χ2v) is 9.16. The molecule has 0 fully saturated rings.